The van der Waals surface area contributed by atoms with Gasteiger partial charge in [-0.2, -0.15) is 0 Å². The van der Waals surface area contributed by atoms with Crippen LogP contribution in [0.15, 0.2) is 0 Å². The summed E-state index contributed by atoms with van der Waals surface area (Å²) in [4.78, 5) is 0. The Hall–Kier alpha value is -6.64. The molecule has 28 heteroatoms. The van der Waals surface area contributed by atoms with Crippen molar-refractivity contribution in [2.24, 2.45) is 0 Å². The van der Waals surface area contributed by atoms with Crippen LogP contribution in [0.3, 0.4) is 0 Å². The molecule has 0 bridgehead atoms. The molecule has 0 fully saturated rings. The normalized spacial score (nSPS) is 13.1. The molecule has 0 radical (unpaired) electrons. The Bertz CT molecular complexity index is 2970. The highest BCUT2D eigenvalue weighted by Crippen LogP contribution is 2.47. The number of nitrogens with one attached hydrogen (secondary N) is 1. The second-order valence-electron chi connectivity index (χ2n) is 13.0. The van der Waals surface area contributed by atoms with Gasteiger partial charge in [0.25, 0.3) is 0 Å². The van der Waals surface area contributed by atoms with E-state index in [0.717, 1.165) is 5.23 Å². The SMILES string of the molecule is Fc1c(F)c(F)c(-c2c(F)c(F)c(F)c(F)c2[B-]2(c3c(F)c(F)c(F)c(F)c3-c3c(F)c(F)c(F)c(F)c3F)Nc3c(F)c(F)c(F)c(F)c3-c3c(F)c(F)c(F)c(F)c32)c(F)c1F. The molecule has 64 heavy (non-hydrogen) atoms. The van der Waals surface area contributed by atoms with Crippen LogP contribution in [0, 0.1) is 151 Å². The molecule has 0 spiro atoms. The van der Waals surface area contributed by atoms with Crippen molar-refractivity contribution in [1.82, 2.24) is 0 Å². The van der Waals surface area contributed by atoms with Crippen molar-refractivity contribution in [3.05, 3.63) is 151 Å². The predicted molar refractivity (Wildman–Crippen MR) is 163 cm³/mol. The maximum atomic E-state index is 16.8. The quantitative estimate of drug-likeness (QED) is 0.0804. The van der Waals surface area contributed by atoms with Gasteiger partial charge in [-0.15, -0.1) is 16.4 Å². The third-order valence-corrected chi connectivity index (χ3v) is 10.0. The van der Waals surface area contributed by atoms with Gasteiger partial charge >= 0.3 is 0 Å². The third-order valence-electron chi connectivity index (χ3n) is 10.0. The van der Waals surface area contributed by atoms with E-state index >= 15 is 79.0 Å². The van der Waals surface area contributed by atoms with Gasteiger partial charge in [0.2, 0.25) is 11.6 Å². The fourth-order valence-electron chi connectivity index (χ4n) is 7.42. The Labute approximate surface area is 332 Å². The van der Waals surface area contributed by atoms with Crippen LogP contribution in [0.25, 0.3) is 33.4 Å². The van der Waals surface area contributed by atoms with E-state index in [1.165, 1.54) is 0 Å². The first-order valence-electron chi connectivity index (χ1n) is 16.1. The monoisotopic (exact) mass is 952 g/mol. The number of hydrogen-bond acceptors (Lipinski definition) is 1. The van der Waals surface area contributed by atoms with Gasteiger partial charge in [0, 0.05) is 11.3 Å². The highest BCUT2D eigenvalue weighted by atomic mass is 19.2. The highest BCUT2D eigenvalue weighted by molar-refractivity contribution is 7.15. The standard InChI is InChI=1S/C36HBF26N/c38-10-1(4-13(41)24(52)32(60)25(53)14(4)42)7(18(46)29(57)21(10)49)37(8-2(11(39)22(50)30(58)19(8)47)5-15(43)26(54)33(61)27(55)16(5)44)9-3(12(40)23(51)31(59)20(9)48)6-17(45)28(56)34(62)35(63)36(6)64-37/h64H/q-1. The molecular formula is C36HBF26N-. The summed E-state index contributed by atoms with van der Waals surface area (Å²) in [5.41, 5.74) is -32.4. The van der Waals surface area contributed by atoms with Crippen LogP contribution in [-0.2, 0) is 0 Å². The van der Waals surface area contributed by atoms with Crippen molar-refractivity contribution < 1.29 is 114 Å². The first kappa shape index (κ1) is 45.4. The van der Waals surface area contributed by atoms with Gasteiger partial charge in [0.15, 0.2) is 128 Å². The molecule has 0 saturated carbocycles. The molecule has 1 aliphatic rings. The molecule has 0 unspecified atom stereocenters. The van der Waals surface area contributed by atoms with E-state index in [1.54, 1.807) is 0 Å². The fraction of sp³-hybridized carbons (Fsp3) is 0. The van der Waals surface area contributed by atoms with Gasteiger partial charge in [-0.05, 0) is 16.7 Å². The largest absolute Gasteiger partial charge is 0.544 e. The number of fused-ring (bicyclic) bond motifs is 3. The zero-order valence-corrected chi connectivity index (χ0v) is 28.9. The van der Waals surface area contributed by atoms with Crippen molar-refractivity contribution in [1.29, 1.82) is 0 Å². The van der Waals surface area contributed by atoms with Gasteiger partial charge in [-0.1, -0.05) is 0 Å². The summed E-state index contributed by atoms with van der Waals surface area (Å²) in [7, 11) is 0. The lowest BCUT2D eigenvalue weighted by molar-refractivity contribution is 0.379. The Kier molecular flexibility index (Phi) is 10.4. The number of hydrogen-bond donors (Lipinski definition) is 1. The van der Waals surface area contributed by atoms with Gasteiger partial charge < -0.3 is 5.23 Å². The molecular weight excluding hydrogens is 951 g/mol. The van der Waals surface area contributed by atoms with Crippen molar-refractivity contribution in [2.75, 3.05) is 5.23 Å². The molecule has 0 atom stereocenters. The van der Waals surface area contributed by atoms with Crippen LogP contribution in [0.5, 0.6) is 0 Å². The summed E-state index contributed by atoms with van der Waals surface area (Å²) in [5.74, 6) is -91.8. The summed E-state index contributed by atoms with van der Waals surface area (Å²) in [6, 6.07) is 0. The number of rotatable bonds is 4. The Morgan fingerprint density at radius 1 is 0.172 bits per heavy atom. The molecule has 6 aromatic carbocycles. The molecule has 0 amide bonds. The third kappa shape index (κ3) is 5.51. The molecule has 0 aliphatic carbocycles. The fourth-order valence-corrected chi connectivity index (χ4v) is 7.42. The zero-order valence-electron chi connectivity index (χ0n) is 28.9. The summed E-state index contributed by atoms with van der Waals surface area (Å²) in [6.45, 7) is 0. The van der Waals surface area contributed by atoms with Crippen LogP contribution in [0.1, 0.15) is 0 Å². The molecule has 1 N–H and O–H groups in total. The Balaban J connectivity index is 1.99. The van der Waals surface area contributed by atoms with Crippen molar-refractivity contribution >= 4 is 28.4 Å². The van der Waals surface area contributed by atoms with Gasteiger partial charge in [-0.25, -0.2) is 114 Å². The first-order chi connectivity index (χ1) is 29.6. The van der Waals surface area contributed by atoms with E-state index in [4.69, 9.17) is 0 Å². The smallest absolute Gasteiger partial charge is 0.200 e. The second-order valence-corrected chi connectivity index (χ2v) is 13.0. The number of halogens is 26. The van der Waals surface area contributed by atoms with Gasteiger partial charge in [-0.3, -0.25) is 0 Å². The molecule has 1 heterocycles. The van der Waals surface area contributed by atoms with E-state index in [9.17, 15) is 35.1 Å². The maximum absolute atomic E-state index is 16.8. The molecule has 7 rings (SSSR count). The lowest BCUT2D eigenvalue weighted by Gasteiger charge is -2.51. The van der Waals surface area contributed by atoms with E-state index in [2.05, 4.69) is 0 Å². The predicted octanol–water partition coefficient (Wildman–Crippen LogP) is 10.7. The molecule has 1 nitrogen and oxygen atoms in total. The van der Waals surface area contributed by atoms with Gasteiger partial charge in [0.05, 0.1) is 11.1 Å². The summed E-state index contributed by atoms with van der Waals surface area (Å²) in [6.07, 6.45) is -7.13. The average Bonchev–Trinajstić information content (AvgIpc) is 3.27. The number of benzene rings is 6. The summed E-state index contributed by atoms with van der Waals surface area (Å²) >= 11 is 0. The average molecular weight is 952 g/mol. The maximum Gasteiger partial charge on any atom is 0.200 e. The van der Waals surface area contributed by atoms with Crippen LogP contribution in [0.2, 0.25) is 0 Å². The van der Waals surface area contributed by atoms with E-state index in [0.29, 0.717) is 0 Å². The van der Waals surface area contributed by atoms with Gasteiger partial charge in [0.1, 0.15) is 17.5 Å². The van der Waals surface area contributed by atoms with Crippen molar-refractivity contribution in [3.63, 3.8) is 0 Å². The number of anilines is 1. The molecule has 0 saturated heterocycles. The van der Waals surface area contributed by atoms with Crippen molar-refractivity contribution in [3.8, 4) is 33.4 Å². The lowest BCUT2D eigenvalue weighted by atomic mass is 9.21. The van der Waals surface area contributed by atoms with Crippen LogP contribution in [0.4, 0.5) is 120 Å². The minimum atomic E-state index is -7.13. The molecule has 1 aliphatic heterocycles. The van der Waals surface area contributed by atoms with E-state index < -0.39 is 213 Å². The molecule has 0 aromatic heterocycles. The summed E-state index contributed by atoms with van der Waals surface area (Å²) in [5, 5.41) is 0.741. The first-order valence-corrected chi connectivity index (χ1v) is 16.1. The minimum Gasteiger partial charge on any atom is -0.544 e. The second kappa shape index (κ2) is 14.7. The van der Waals surface area contributed by atoms with E-state index in [-0.39, 0.29) is 0 Å². The van der Waals surface area contributed by atoms with Crippen LogP contribution >= 0.6 is 0 Å². The van der Waals surface area contributed by atoms with Crippen LogP contribution < -0.4 is 21.6 Å². The van der Waals surface area contributed by atoms with Crippen LogP contribution in [-0.4, -0.2) is 6.28 Å². The Morgan fingerprint density at radius 2 is 0.344 bits per heavy atom. The van der Waals surface area contributed by atoms with E-state index in [1.807, 2.05) is 0 Å². The minimum absolute atomic E-state index is 0.741. The molecule has 6 aromatic rings. The molecule has 336 valence electrons. The van der Waals surface area contributed by atoms with Crippen molar-refractivity contribution in [2.45, 2.75) is 0 Å². The lowest BCUT2D eigenvalue weighted by Crippen LogP contribution is -2.78. The summed E-state index contributed by atoms with van der Waals surface area (Å²) < 4.78 is 402. The Morgan fingerprint density at radius 3 is 0.609 bits per heavy atom. The topological polar surface area (TPSA) is 12.0 Å². The highest BCUT2D eigenvalue weighted by Gasteiger charge is 2.53. The zero-order chi connectivity index (χ0) is 48.0.